The summed E-state index contributed by atoms with van der Waals surface area (Å²) in [5.41, 5.74) is 0. The Morgan fingerprint density at radius 1 is 1.67 bits per heavy atom. The highest BCUT2D eigenvalue weighted by molar-refractivity contribution is 7.99. The van der Waals surface area contributed by atoms with Crippen LogP contribution in [0, 0.1) is 0 Å². The van der Waals surface area contributed by atoms with Crippen molar-refractivity contribution in [3.05, 3.63) is 12.2 Å². The molecule has 18 heavy (non-hydrogen) atoms. The van der Waals surface area contributed by atoms with Crippen molar-refractivity contribution in [2.45, 2.75) is 38.8 Å². The zero-order valence-electron chi connectivity index (χ0n) is 10.9. The summed E-state index contributed by atoms with van der Waals surface area (Å²) in [4.78, 5) is 16.2. The average Bonchev–Trinajstić information content (AvgIpc) is 2.78. The molecule has 0 saturated carbocycles. The number of carbonyl (C=O) groups is 1. The van der Waals surface area contributed by atoms with Gasteiger partial charge in [-0.25, -0.2) is 9.67 Å². The van der Waals surface area contributed by atoms with Crippen LogP contribution in [0.3, 0.4) is 0 Å². The molecule has 0 spiro atoms. The van der Waals surface area contributed by atoms with Gasteiger partial charge in [0.2, 0.25) is 0 Å². The Morgan fingerprint density at radius 2 is 2.50 bits per heavy atom. The maximum absolute atomic E-state index is 12.0. The second-order valence-electron chi connectivity index (χ2n) is 4.86. The van der Waals surface area contributed by atoms with Gasteiger partial charge in [0, 0.05) is 36.6 Å². The highest BCUT2D eigenvalue weighted by Crippen LogP contribution is 2.12. The first-order valence-corrected chi connectivity index (χ1v) is 7.53. The van der Waals surface area contributed by atoms with E-state index in [1.807, 2.05) is 30.3 Å². The molecule has 1 N–H and O–H groups in total. The third-order valence-corrected chi connectivity index (χ3v) is 4.10. The summed E-state index contributed by atoms with van der Waals surface area (Å²) < 4.78 is 1.82. The largest absolute Gasteiger partial charge is 0.312 e. The molecule has 0 amide bonds. The lowest BCUT2D eigenvalue weighted by atomic mass is 10.1. The molecule has 5 nitrogen and oxygen atoms in total. The predicted octanol–water partition coefficient (Wildman–Crippen LogP) is 1.07. The van der Waals surface area contributed by atoms with E-state index in [1.165, 1.54) is 6.33 Å². The molecule has 1 aromatic heterocycles. The van der Waals surface area contributed by atoms with Crippen LogP contribution in [0.15, 0.2) is 6.33 Å². The van der Waals surface area contributed by atoms with Gasteiger partial charge < -0.3 is 5.32 Å². The molecule has 2 heterocycles. The van der Waals surface area contributed by atoms with E-state index in [4.69, 9.17) is 0 Å². The highest BCUT2D eigenvalue weighted by atomic mass is 32.2. The zero-order valence-corrected chi connectivity index (χ0v) is 11.7. The Labute approximate surface area is 112 Å². The highest BCUT2D eigenvalue weighted by Gasteiger charge is 2.18. The number of rotatable bonds is 5. The van der Waals surface area contributed by atoms with E-state index >= 15 is 0 Å². The summed E-state index contributed by atoms with van der Waals surface area (Å²) in [7, 11) is 0. The Kier molecular flexibility index (Phi) is 4.77. The van der Waals surface area contributed by atoms with E-state index in [2.05, 4.69) is 15.4 Å². The molecule has 6 heteroatoms. The number of thioether (sulfide) groups is 1. The Bertz CT molecular complexity index is 399. The van der Waals surface area contributed by atoms with Gasteiger partial charge in [-0.05, 0) is 13.8 Å². The number of nitrogens with zero attached hydrogens (tertiary/aromatic N) is 3. The maximum Gasteiger partial charge on any atom is 0.142 e. The first kappa shape index (κ1) is 13.5. The standard InChI is InChI=1S/C12H20N4OS/c1-9(2)16-12(14-8-15-16)6-11(17)5-10-7-18-4-3-13-10/h8-10,13H,3-7H2,1-2H3. The summed E-state index contributed by atoms with van der Waals surface area (Å²) in [6, 6.07) is 0.574. The van der Waals surface area contributed by atoms with Crippen LogP contribution >= 0.6 is 11.8 Å². The summed E-state index contributed by atoms with van der Waals surface area (Å²) >= 11 is 1.91. The van der Waals surface area contributed by atoms with Crippen molar-refractivity contribution < 1.29 is 4.79 Å². The molecule has 2 rings (SSSR count). The molecule has 1 aliphatic rings. The lowest BCUT2D eigenvalue weighted by molar-refractivity contribution is -0.119. The second kappa shape index (κ2) is 6.33. The number of Topliss-reactive ketones (excluding diaryl/α,β-unsaturated/α-hetero) is 1. The van der Waals surface area contributed by atoms with Crippen LogP contribution in [0.2, 0.25) is 0 Å². The average molecular weight is 268 g/mol. The van der Waals surface area contributed by atoms with Crippen LogP contribution in [0.4, 0.5) is 0 Å². The van der Waals surface area contributed by atoms with Crippen molar-refractivity contribution in [1.29, 1.82) is 0 Å². The van der Waals surface area contributed by atoms with E-state index in [-0.39, 0.29) is 11.8 Å². The number of hydrogen-bond donors (Lipinski definition) is 1. The van der Waals surface area contributed by atoms with Gasteiger partial charge in [0.05, 0.1) is 6.42 Å². The number of aromatic nitrogens is 3. The van der Waals surface area contributed by atoms with Crippen LogP contribution < -0.4 is 5.32 Å². The Morgan fingerprint density at radius 3 is 3.17 bits per heavy atom. The molecule has 0 aliphatic carbocycles. The number of nitrogens with one attached hydrogen (secondary N) is 1. The maximum atomic E-state index is 12.0. The van der Waals surface area contributed by atoms with Crippen LogP contribution in [0.25, 0.3) is 0 Å². The van der Waals surface area contributed by atoms with Crippen molar-refractivity contribution >= 4 is 17.5 Å². The molecule has 1 unspecified atom stereocenters. The van der Waals surface area contributed by atoms with Gasteiger partial charge in [0.15, 0.2) is 0 Å². The monoisotopic (exact) mass is 268 g/mol. The zero-order chi connectivity index (χ0) is 13.0. The first-order valence-electron chi connectivity index (χ1n) is 6.38. The SMILES string of the molecule is CC(C)n1ncnc1CC(=O)CC1CSCCN1. The number of ketones is 1. The minimum Gasteiger partial charge on any atom is -0.312 e. The Hall–Kier alpha value is -0.880. The van der Waals surface area contributed by atoms with Crippen molar-refractivity contribution in [2.75, 3.05) is 18.1 Å². The van der Waals surface area contributed by atoms with Gasteiger partial charge in [-0.3, -0.25) is 4.79 Å². The van der Waals surface area contributed by atoms with E-state index < -0.39 is 0 Å². The van der Waals surface area contributed by atoms with Crippen LogP contribution in [-0.2, 0) is 11.2 Å². The van der Waals surface area contributed by atoms with Crippen LogP contribution in [-0.4, -0.2) is 44.6 Å². The van der Waals surface area contributed by atoms with Crippen LogP contribution in [0.1, 0.15) is 32.1 Å². The fourth-order valence-electron chi connectivity index (χ4n) is 2.11. The minimum absolute atomic E-state index is 0.241. The molecule has 1 saturated heterocycles. The summed E-state index contributed by atoms with van der Waals surface area (Å²) in [6.07, 6.45) is 2.51. The molecular formula is C12H20N4OS. The van der Waals surface area contributed by atoms with Gasteiger partial charge in [0.25, 0.3) is 0 Å². The third-order valence-electron chi connectivity index (χ3n) is 2.96. The molecule has 0 aromatic carbocycles. The van der Waals surface area contributed by atoms with E-state index in [0.29, 0.717) is 18.9 Å². The normalized spacial score (nSPS) is 20.3. The fraction of sp³-hybridized carbons (Fsp3) is 0.750. The van der Waals surface area contributed by atoms with Gasteiger partial charge in [-0.1, -0.05) is 0 Å². The van der Waals surface area contributed by atoms with Gasteiger partial charge in [0.1, 0.15) is 17.9 Å². The predicted molar refractivity (Wildman–Crippen MR) is 72.9 cm³/mol. The summed E-state index contributed by atoms with van der Waals surface area (Å²) in [5.74, 6) is 3.19. The molecule has 1 fully saturated rings. The molecular weight excluding hydrogens is 248 g/mol. The molecule has 1 aromatic rings. The summed E-state index contributed by atoms with van der Waals surface area (Å²) in [6.45, 7) is 5.09. The van der Waals surface area contributed by atoms with Crippen LogP contribution in [0.5, 0.6) is 0 Å². The lowest BCUT2D eigenvalue weighted by Gasteiger charge is -2.22. The molecule has 100 valence electrons. The molecule has 0 radical (unpaired) electrons. The topological polar surface area (TPSA) is 59.8 Å². The van der Waals surface area contributed by atoms with E-state index in [1.54, 1.807) is 0 Å². The molecule has 1 aliphatic heterocycles. The Balaban J connectivity index is 1.88. The molecule has 1 atom stereocenters. The minimum atomic E-state index is 0.241. The van der Waals surface area contributed by atoms with Crippen molar-refractivity contribution in [1.82, 2.24) is 20.1 Å². The van der Waals surface area contributed by atoms with Gasteiger partial charge in [-0.15, -0.1) is 0 Å². The second-order valence-corrected chi connectivity index (χ2v) is 6.01. The lowest BCUT2D eigenvalue weighted by Crippen LogP contribution is -2.39. The van der Waals surface area contributed by atoms with E-state index in [9.17, 15) is 4.79 Å². The quantitative estimate of drug-likeness (QED) is 0.865. The number of hydrogen-bond acceptors (Lipinski definition) is 5. The smallest absolute Gasteiger partial charge is 0.142 e. The molecule has 0 bridgehead atoms. The third kappa shape index (κ3) is 3.55. The van der Waals surface area contributed by atoms with E-state index in [0.717, 1.165) is 23.9 Å². The van der Waals surface area contributed by atoms with Crippen molar-refractivity contribution in [3.63, 3.8) is 0 Å². The van der Waals surface area contributed by atoms with Crippen molar-refractivity contribution in [2.24, 2.45) is 0 Å². The fourth-order valence-corrected chi connectivity index (χ4v) is 3.06. The van der Waals surface area contributed by atoms with Gasteiger partial charge >= 0.3 is 0 Å². The van der Waals surface area contributed by atoms with Gasteiger partial charge in [-0.2, -0.15) is 16.9 Å². The summed E-state index contributed by atoms with van der Waals surface area (Å²) in [5, 5.41) is 7.53. The first-order chi connectivity index (χ1) is 8.66. The van der Waals surface area contributed by atoms with Crippen molar-refractivity contribution in [3.8, 4) is 0 Å². The number of carbonyl (C=O) groups excluding carboxylic acids is 1.